The van der Waals surface area contributed by atoms with Crippen LogP contribution in [0.25, 0.3) is 11.5 Å². The van der Waals surface area contributed by atoms with Crippen molar-refractivity contribution in [2.75, 3.05) is 20.2 Å². The van der Waals surface area contributed by atoms with Crippen LogP contribution in [-0.4, -0.2) is 52.9 Å². The molecular weight excluding hydrogens is 418 g/mol. The maximum atomic E-state index is 13.1. The summed E-state index contributed by atoms with van der Waals surface area (Å²) < 4.78 is 32.8. The second kappa shape index (κ2) is 8.56. The molecule has 2 aromatic heterocycles. The van der Waals surface area contributed by atoms with E-state index < -0.39 is 10.0 Å². The highest BCUT2D eigenvalue weighted by atomic mass is 32.2. The maximum absolute atomic E-state index is 13.1. The van der Waals surface area contributed by atoms with Gasteiger partial charge in [0.2, 0.25) is 10.0 Å². The fraction of sp³-hybridized carbons (Fsp3) is 0.333. The molecule has 0 saturated carbocycles. The minimum absolute atomic E-state index is 0.193. The van der Waals surface area contributed by atoms with Crippen molar-refractivity contribution in [3.8, 4) is 17.3 Å². The lowest BCUT2D eigenvalue weighted by Crippen LogP contribution is -2.39. The van der Waals surface area contributed by atoms with Crippen molar-refractivity contribution in [3.05, 3.63) is 64.5 Å². The Morgan fingerprint density at radius 2 is 1.94 bits per heavy atom. The number of benzene rings is 1. The molecule has 3 heterocycles. The van der Waals surface area contributed by atoms with Crippen LogP contribution in [0.15, 0.2) is 52.4 Å². The van der Waals surface area contributed by atoms with Crippen LogP contribution in [0.5, 0.6) is 5.75 Å². The number of ether oxygens (including phenoxy) is 1. The van der Waals surface area contributed by atoms with E-state index in [0.29, 0.717) is 35.9 Å². The van der Waals surface area contributed by atoms with Crippen LogP contribution in [-0.2, 0) is 10.0 Å². The Hall–Kier alpha value is -3.11. The Bertz CT molecular complexity index is 1220. The summed E-state index contributed by atoms with van der Waals surface area (Å²) in [7, 11) is -2.13. The van der Waals surface area contributed by atoms with Crippen molar-refractivity contribution in [1.82, 2.24) is 24.2 Å². The first-order valence-electron chi connectivity index (χ1n) is 9.91. The standard InChI is InChI=1S/C21H23N5O4S/c1-14-11-23-19(12-22-14)21-24-18(10-20(27)25-21)15-4-3-9-26(13-15)31(28,29)17-7-5-16(30-2)6-8-17/h5-8,10-12,15H,3-4,9,13H2,1-2H3,(H,24,25,27). The van der Waals surface area contributed by atoms with Gasteiger partial charge in [0, 0.05) is 31.3 Å². The van der Waals surface area contributed by atoms with Crippen molar-refractivity contribution in [3.63, 3.8) is 0 Å². The van der Waals surface area contributed by atoms with Crippen LogP contribution in [0.1, 0.15) is 30.1 Å². The van der Waals surface area contributed by atoms with Gasteiger partial charge in [0.15, 0.2) is 5.82 Å². The zero-order valence-electron chi connectivity index (χ0n) is 17.3. The van der Waals surface area contributed by atoms with E-state index in [1.165, 1.54) is 29.6 Å². The summed E-state index contributed by atoms with van der Waals surface area (Å²) in [6.45, 7) is 2.50. The zero-order chi connectivity index (χ0) is 22.0. The van der Waals surface area contributed by atoms with Crippen LogP contribution < -0.4 is 10.3 Å². The monoisotopic (exact) mass is 441 g/mol. The molecule has 0 aliphatic carbocycles. The third-order valence-electron chi connectivity index (χ3n) is 5.28. The largest absolute Gasteiger partial charge is 0.497 e. The summed E-state index contributed by atoms with van der Waals surface area (Å²) >= 11 is 0. The molecule has 1 atom stereocenters. The first kappa shape index (κ1) is 21.1. The predicted octanol–water partition coefficient (Wildman–Crippen LogP) is 2.11. The Morgan fingerprint density at radius 3 is 2.61 bits per heavy atom. The molecule has 1 aliphatic heterocycles. The highest BCUT2D eigenvalue weighted by Gasteiger charge is 2.32. The fourth-order valence-electron chi connectivity index (χ4n) is 3.62. The Kier molecular flexibility index (Phi) is 5.84. The van der Waals surface area contributed by atoms with Crippen molar-refractivity contribution in [1.29, 1.82) is 0 Å². The maximum Gasteiger partial charge on any atom is 0.251 e. The molecule has 0 amide bonds. The number of methoxy groups -OCH3 is 1. The van der Waals surface area contributed by atoms with Gasteiger partial charge in [-0.25, -0.2) is 18.4 Å². The molecule has 0 spiro atoms. The van der Waals surface area contributed by atoms with Crippen LogP contribution in [0.2, 0.25) is 0 Å². The minimum atomic E-state index is -3.66. The molecule has 10 heteroatoms. The minimum Gasteiger partial charge on any atom is -0.497 e. The summed E-state index contributed by atoms with van der Waals surface area (Å²) in [4.78, 5) is 28.2. The van der Waals surface area contributed by atoms with Crippen molar-refractivity contribution in [2.45, 2.75) is 30.6 Å². The van der Waals surface area contributed by atoms with Gasteiger partial charge < -0.3 is 9.72 Å². The third-order valence-corrected chi connectivity index (χ3v) is 7.16. The van der Waals surface area contributed by atoms with E-state index in [1.54, 1.807) is 24.5 Å². The number of aryl methyl sites for hydroxylation is 1. The highest BCUT2D eigenvalue weighted by Crippen LogP contribution is 2.30. The number of nitrogens with one attached hydrogen (secondary N) is 1. The number of aromatic amines is 1. The number of H-pyrrole nitrogens is 1. The van der Waals surface area contributed by atoms with E-state index in [1.807, 2.05) is 6.92 Å². The number of rotatable bonds is 5. The van der Waals surface area contributed by atoms with Crippen LogP contribution in [0, 0.1) is 6.92 Å². The van der Waals surface area contributed by atoms with Gasteiger partial charge in [-0.1, -0.05) is 0 Å². The molecule has 31 heavy (non-hydrogen) atoms. The van der Waals surface area contributed by atoms with Gasteiger partial charge >= 0.3 is 0 Å². The van der Waals surface area contributed by atoms with Gasteiger partial charge in [-0.05, 0) is 44.0 Å². The summed E-state index contributed by atoms with van der Waals surface area (Å²) in [6, 6.07) is 7.76. The van der Waals surface area contributed by atoms with E-state index in [9.17, 15) is 13.2 Å². The summed E-state index contributed by atoms with van der Waals surface area (Å²) in [5.41, 5.74) is 1.46. The molecule has 1 aromatic carbocycles. The number of sulfonamides is 1. The molecule has 4 rings (SSSR count). The topological polar surface area (TPSA) is 118 Å². The number of hydrogen-bond donors (Lipinski definition) is 1. The summed E-state index contributed by atoms with van der Waals surface area (Å²) in [6.07, 6.45) is 4.57. The Labute approximate surface area is 180 Å². The summed E-state index contributed by atoms with van der Waals surface area (Å²) in [5, 5.41) is 0. The lowest BCUT2D eigenvalue weighted by atomic mass is 9.96. The number of nitrogens with zero attached hydrogens (tertiary/aromatic N) is 4. The first-order chi connectivity index (χ1) is 14.9. The Morgan fingerprint density at radius 1 is 1.16 bits per heavy atom. The number of hydrogen-bond acceptors (Lipinski definition) is 7. The van der Waals surface area contributed by atoms with Gasteiger partial charge in [-0.3, -0.25) is 9.78 Å². The molecule has 1 aliphatic rings. The average molecular weight is 442 g/mol. The second-order valence-electron chi connectivity index (χ2n) is 7.44. The van der Waals surface area contributed by atoms with Crippen molar-refractivity contribution >= 4 is 10.0 Å². The molecule has 1 saturated heterocycles. The highest BCUT2D eigenvalue weighted by molar-refractivity contribution is 7.89. The molecule has 0 bridgehead atoms. The van der Waals surface area contributed by atoms with E-state index in [2.05, 4.69) is 19.9 Å². The molecule has 1 unspecified atom stereocenters. The molecule has 162 valence electrons. The summed E-state index contributed by atoms with van der Waals surface area (Å²) in [5.74, 6) is 0.723. The average Bonchev–Trinajstić information content (AvgIpc) is 2.79. The SMILES string of the molecule is COc1ccc(S(=O)(=O)N2CCCC(c3cc(=O)[nH]c(-c4cnc(C)cn4)n3)C2)cc1. The smallest absolute Gasteiger partial charge is 0.251 e. The van der Waals surface area contributed by atoms with Gasteiger partial charge in [0.25, 0.3) is 5.56 Å². The van der Waals surface area contributed by atoms with E-state index in [0.717, 1.165) is 12.1 Å². The number of aromatic nitrogens is 4. The number of piperidine rings is 1. The lowest BCUT2D eigenvalue weighted by molar-refractivity contribution is 0.312. The van der Waals surface area contributed by atoms with E-state index in [4.69, 9.17) is 4.74 Å². The lowest BCUT2D eigenvalue weighted by Gasteiger charge is -2.31. The molecule has 9 nitrogen and oxygen atoms in total. The van der Waals surface area contributed by atoms with Gasteiger partial charge in [-0.15, -0.1) is 0 Å². The molecular formula is C21H23N5O4S. The predicted molar refractivity (Wildman–Crippen MR) is 114 cm³/mol. The molecule has 0 radical (unpaired) electrons. The quantitative estimate of drug-likeness (QED) is 0.644. The Balaban J connectivity index is 1.61. The van der Waals surface area contributed by atoms with Crippen LogP contribution >= 0.6 is 0 Å². The van der Waals surface area contributed by atoms with Gasteiger partial charge in [0.1, 0.15) is 11.4 Å². The molecule has 1 fully saturated rings. The van der Waals surface area contributed by atoms with E-state index in [-0.39, 0.29) is 22.9 Å². The second-order valence-corrected chi connectivity index (χ2v) is 9.38. The third kappa shape index (κ3) is 4.49. The van der Waals surface area contributed by atoms with E-state index >= 15 is 0 Å². The normalized spacial score (nSPS) is 17.4. The zero-order valence-corrected chi connectivity index (χ0v) is 18.1. The first-order valence-corrected chi connectivity index (χ1v) is 11.4. The van der Waals surface area contributed by atoms with Gasteiger partial charge in [0.05, 0.1) is 29.6 Å². The fourth-order valence-corrected chi connectivity index (χ4v) is 5.14. The van der Waals surface area contributed by atoms with Crippen LogP contribution in [0.3, 0.4) is 0 Å². The van der Waals surface area contributed by atoms with Crippen LogP contribution in [0.4, 0.5) is 0 Å². The van der Waals surface area contributed by atoms with Crippen molar-refractivity contribution < 1.29 is 13.2 Å². The van der Waals surface area contributed by atoms with Gasteiger partial charge in [-0.2, -0.15) is 4.31 Å². The molecule has 1 N–H and O–H groups in total. The van der Waals surface area contributed by atoms with Crippen molar-refractivity contribution in [2.24, 2.45) is 0 Å². The molecule has 3 aromatic rings.